The van der Waals surface area contributed by atoms with Crippen molar-refractivity contribution in [2.75, 3.05) is 18.8 Å². The lowest BCUT2D eigenvalue weighted by molar-refractivity contribution is -0.144. The minimum absolute atomic E-state index is 0.0603. The molecule has 1 aliphatic heterocycles. The molecular weight excluding hydrogens is 448 g/mol. The van der Waals surface area contributed by atoms with Gasteiger partial charge in [-0.05, 0) is 24.3 Å². The maximum absolute atomic E-state index is 12.5. The van der Waals surface area contributed by atoms with Gasteiger partial charge in [0, 0.05) is 56.6 Å². The number of nitrogens with zero attached hydrogens (tertiary/aromatic N) is 1. The Morgan fingerprint density at radius 2 is 1.56 bits per heavy atom. The van der Waals surface area contributed by atoms with Gasteiger partial charge in [-0.1, -0.05) is 58.5 Å². The molecule has 1 aliphatic rings. The average molecular weight is 465 g/mol. The molecule has 144 valence electrons. The van der Waals surface area contributed by atoms with E-state index in [0.29, 0.717) is 38.7 Å². The number of halogens is 4. The van der Waals surface area contributed by atoms with Crippen molar-refractivity contribution in [3.8, 4) is 0 Å². The summed E-state index contributed by atoms with van der Waals surface area (Å²) >= 11 is 26.4. The molecule has 0 aliphatic carbocycles. The third-order valence-corrected chi connectivity index (χ3v) is 6.86. The normalized spacial score (nSPS) is 17.7. The number of ether oxygens (including phenoxy) is 1. The number of hydrogen-bond acceptors (Lipinski definition) is 4. The number of thioether (sulfide) groups is 1. The molecule has 0 aromatic heterocycles. The summed E-state index contributed by atoms with van der Waals surface area (Å²) < 4.78 is 5.47. The van der Waals surface area contributed by atoms with E-state index in [9.17, 15) is 4.79 Å². The fourth-order valence-corrected chi connectivity index (χ4v) is 4.99. The van der Waals surface area contributed by atoms with E-state index in [1.165, 1.54) is 0 Å². The molecule has 1 heterocycles. The Morgan fingerprint density at radius 1 is 1.00 bits per heavy atom. The molecule has 2 aromatic carbocycles. The van der Waals surface area contributed by atoms with Crippen LogP contribution >= 0.6 is 58.2 Å². The summed E-state index contributed by atoms with van der Waals surface area (Å²) in [6.45, 7) is 2.08. The van der Waals surface area contributed by atoms with Crippen LogP contribution in [0.3, 0.4) is 0 Å². The lowest BCUT2D eigenvalue weighted by Crippen LogP contribution is -2.41. The highest BCUT2D eigenvalue weighted by Crippen LogP contribution is 2.29. The van der Waals surface area contributed by atoms with Gasteiger partial charge in [0.1, 0.15) is 11.9 Å². The van der Waals surface area contributed by atoms with Gasteiger partial charge in [-0.3, -0.25) is 9.69 Å². The summed E-state index contributed by atoms with van der Waals surface area (Å²) in [4.78, 5) is 14.7. The van der Waals surface area contributed by atoms with E-state index in [1.54, 1.807) is 30.0 Å². The van der Waals surface area contributed by atoms with Crippen molar-refractivity contribution < 1.29 is 9.53 Å². The third kappa shape index (κ3) is 5.47. The van der Waals surface area contributed by atoms with Crippen LogP contribution in [0.2, 0.25) is 20.1 Å². The molecule has 0 bridgehead atoms. The van der Waals surface area contributed by atoms with Gasteiger partial charge in [0.25, 0.3) is 0 Å². The summed E-state index contributed by atoms with van der Waals surface area (Å²) in [5.74, 6) is 0.556. The highest BCUT2D eigenvalue weighted by Gasteiger charge is 2.28. The second kappa shape index (κ2) is 9.73. The molecule has 0 N–H and O–H groups in total. The van der Waals surface area contributed by atoms with E-state index < -0.39 is 0 Å². The van der Waals surface area contributed by atoms with Crippen molar-refractivity contribution in [2.24, 2.45) is 0 Å². The lowest BCUT2D eigenvalue weighted by atomic mass is 10.2. The Balaban J connectivity index is 1.60. The Hall–Kier alpha value is -0.620. The molecule has 1 saturated heterocycles. The van der Waals surface area contributed by atoms with Crippen molar-refractivity contribution in [2.45, 2.75) is 18.4 Å². The van der Waals surface area contributed by atoms with Gasteiger partial charge in [-0.15, -0.1) is 11.8 Å². The van der Waals surface area contributed by atoms with Gasteiger partial charge in [0.05, 0.1) is 0 Å². The van der Waals surface area contributed by atoms with E-state index in [2.05, 4.69) is 4.90 Å². The fraction of sp³-hybridized carbons (Fsp3) is 0.316. The van der Waals surface area contributed by atoms with Crippen molar-refractivity contribution in [3.63, 3.8) is 0 Å². The largest absolute Gasteiger partial charge is 0.460 e. The van der Waals surface area contributed by atoms with Crippen LogP contribution < -0.4 is 0 Å². The van der Waals surface area contributed by atoms with Gasteiger partial charge in [0.15, 0.2) is 0 Å². The number of rotatable bonds is 5. The molecule has 1 atom stereocenters. The van der Waals surface area contributed by atoms with Crippen LogP contribution in [0.25, 0.3) is 0 Å². The zero-order chi connectivity index (χ0) is 19.4. The molecule has 27 heavy (non-hydrogen) atoms. The molecular formula is C19H17Cl4NO2S. The van der Waals surface area contributed by atoms with Gasteiger partial charge in [-0.2, -0.15) is 0 Å². The van der Waals surface area contributed by atoms with Gasteiger partial charge < -0.3 is 4.74 Å². The molecule has 1 fully saturated rings. The van der Waals surface area contributed by atoms with Crippen molar-refractivity contribution >= 4 is 64.1 Å². The highest BCUT2D eigenvalue weighted by atomic mass is 35.5. The zero-order valence-electron chi connectivity index (χ0n) is 14.3. The van der Waals surface area contributed by atoms with Crippen molar-refractivity contribution in [1.29, 1.82) is 0 Å². The Labute approximate surface area is 182 Å². The molecule has 0 radical (unpaired) electrons. The predicted octanol–water partition coefficient (Wildman–Crippen LogP) is 5.96. The predicted molar refractivity (Wildman–Crippen MR) is 114 cm³/mol. The van der Waals surface area contributed by atoms with E-state index in [-0.39, 0.29) is 17.8 Å². The Kier molecular flexibility index (Phi) is 7.60. The van der Waals surface area contributed by atoms with E-state index in [1.807, 2.05) is 18.2 Å². The number of esters is 1. The second-order valence-corrected chi connectivity index (χ2v) is 9.04. The molecule has 3 nitrogen and oxygen atoms in total. The first-order valence-corrected chi connectivity index (χ1v) is 10.9. The van der Waals surface area contributed by atoms with E-state index >= 15 is 0 Å². The standard InChI is InChI=1S/C19H17Cl4NO2S/c20-14-3-1-4-15(21)12(14)9-24-7-8-27-18(10-24)19(25)26-11-13-16(22)5-2-6-17(13)23/h1-6,18H,7-11H2/t18-/m1/s1. The molecule has 0 unspecified atom stereocenters. The summed E-state index contributed by atoms with van der Waals surface area (Å²) in [6.07, 6.45) is 0. The molecule has 0 amide bonds. The van der Waals surface area contributed by atoms with Gasteiger partial charge in [0.2, 0.25) is 0 Å². The summed E-state index contributed by atoms with van der Waals surface area (Å²) in [5.41, 5.74) is 1.50. The number of carbonyl (C=O) groups is 1. The fourth-order valence-electron chi connectivity index (χ4n) is 2.80. The first-order valence-electron chi connectivity index (χ1n) is 8.32. The van der Waals surface area contributed by atoms with Gasteiger partial charge in [-0.25, -0.2) is 0 Å². The summed E-state index contributed by atoms with van der Waals surface area (Å²) in [6, 6.07) is 10.7. The number of benzene rings is 2. The van der Waals surface area contributed by atoms with Crippen molar-refractivity contribution in [3.05, 3.63) is 67.6 Å². The van der Waals surface area contributed by atoms with Crippen LogP contribution in [-0.2, 0) is 22.7 Å². The topological polar surface area (TPSA) is 29.5 Å². The Morgan fingerprint density at radius 3 is 2.15 bits per heavy atom. The minimum atomic E-state index is -0.277. The molecule has 8 heteroatoms. The SMILES string of the molecule is O=C(OCc1c(Cl)cccc1Cl)[C@H]1CN(Cc2c(Cl)cccc2Cl)CCS1. The summed E-state index contributed by atoms with van der Waals surface area (Å²) in [7, 11) is 0. The molecule has 3 rings (SSSR count). The molecule has 0 saturated carbocycles. The first kappa shape index (κ1) is 21.1. The highest BCUT2D eigenvalue weighted by molar-refractivity contribution is 8.00. The second-order valence-electron chi connectivity index (χ2n) is 6.10. The molecule has 0 spiro atoms. The minimum Gasteiger partial charge on any atom is -0.460 e. The zero-order valence-corrected chi connectivity index (χ0v) is 18.1. The van der Waals surface area contributed by atoms with E-state index in [0.717, 1.165) is 17.9 Å². The maximum Gasteiger partial charge on any atom is 0.320 e. The van der Waals surface area contributed by atoms with Crippen LogP contribution in [0.5, 0.6) is 0 Å². The van der Waals surface area contributed by atoms with E-state index in [4.69, 9.17) is 51.1 Å². The monoisotopic (exact) mass is 463 g/mol. The Bertz CT molecular complexity index is 793. The van der Waals surface area contributed by atoms with Crippen LogP contribution in [0.15, 0.2) is 36.4 Å². The quantitative estimate of drug-likeness (QED) is 0.510. The van der Waals surface area contributed by atoms with Crippen LogP contribution in [0.1, 0.15) is 11.1 Å². The van der Waals surface area contributed by atoms with Crippen molar-refractivity contribution in [1.82, 2.24) is 4.90 Å². The first-order chi connectivity index (χ1) is 13.0. The van der Waals surface area contributed by atoms with Crippen LogP contribution in [0, 0.1) is 0 Å². The van der Waals surface area contributed by atoms with Crippen LogP contribution in [-0.4, -0.2) is 35.0 Å². The average Bonchev–Trinajstić information content (AvgIpc) is 2.64. The molecule has 2 aromatic rings. The smallest absolute Gasteiger partial charge is 0.320 e. The summed E-state index contributed by atoms with van der Waals surface area (Å²) in [5, 5.41) is 1.96. The van der Waals surface area contributed by atoms with Crippen LogP contribution in [0.4, 0.5) is 0 Å². The number of carbonyl (C=O) groups excluding carboxylic acids is 1. The maximum atomic E-state index is 12.5. The lowest BCUT2D eigenvalue weighted by Gasteiger charge is -2.31. The van der Waals surface area contributed by atoms with Gasteiger partial charge >= 0.3 is 5.97 Å². The third-order valence-electron chi connectivity index (χ3n) is 4.28. The number of hydrogen-bond donors (Lipinski definition) is 0.